The highest BCUT2D eigenvalue weighted by molar-refractivity contribution is 6.42. The van der Waals surface area contributed by atoms with Crippen LogP contribution in [0.4, 0.5) is 0 Å². The number of hydrogen-bond acceptors (Lipinski definition) is 4. The van der Waals surface area contributed by atoms with Crippen LogP contribution in [0.5, 0.6) is 0 Å². The first kappa shape index (κ1) is 20.3. The van der Waals surface area contributed by atoms with Gasteiger partial charge in [-0.15, -0.1) is 0 Å². The molecule has 0 spiro atoms. The minimum atomic E-state index is -1.02. The van der Waals surface area contributed by atoms with Gasteiger partial charge in [-0.05, 0) is 30.5 Å². The van der Waals surface area contributed by atoms with Gasteiger partial charge in [0, 0.05) is 0 Å². The number of carboxylic acids is 1. The highest BCUT2D eigenvalue weighted by Crippen LogP contribution is 2.30. The summed E-state index contributed by atoms with van der Waals surface area (Å²) in [5, 5.41) is 12.7. The van der Waals surface area contributed by atoms with Crippen LogP contribution in [0.2, 0.25) is 10.0 Å². The third-order valence-corrected chi connectivity index (χ3v) is 5.09. The van der Waals surface area contributed by atoms with Gasteiger partial charge in [0.25, 0.3) is 0 Å². The molecule has 0 radical (unpaired) electrons. The van der Waals surface area contributed by atoms with Gasteiger partial charge in [-0.2, -0.15) is 0 Å². The lowest BCUT2D eigenvalue weighted by Crippen LogP contribution is -2.41. The Morgan fingerprint density at radius 1 is 1.19 bits per heavy atom. The lowest BCUT2D eigenvalue weighted by molar-refractivity contribution is -0.148. The van der Waals surface area contributed by atoms with E-state index in [0.29, 0.717) is 23.4 Å². The van der Waals surface area contributed by atoms with E-state index in [1.54, 1.807) is 30.4 Å². The molecule has 0 bridgehead atoms. The zero-order chi connectivity index (χ0) is 19.3. The van der Waals surface area contributed by atoms with Crippen LogP contribution in [0.15, 0.2) is 30.4 Å². The second-order valence-corrected chi connectivity index (χ2v) is 6.82. The summed E-state index contributed by atoms with van der Waals surface area (Å²) in [4.78, 5) is 35.8. The fraction of sp³-hybridized carbons (Fsp3) is 0.389. The van der Waals surface area contributed by atoms with E-state index in [4.69, 9.17) is 23.2 Å². The molecule has 1 amide bonds. The molecule has 0 aliphatic heterocycles. The molecule has 0 aromatic heterocycles. The topological polar surface area (TPSA) is 92.7 Å². The molecule has 2 N–H and O–H groups in total. The molecule has 3 atom stereocenters. The van der Waals surface area contributed by atoms with Crippen LogP contribution in [0, 0.1) is 11.8 Å². The first-order valence-electron chi connectivity index (χ1n) is 8.03. The summed E-state index contributed by atoms with van der Waals surface area (Å²) < 4.78 is 4.69. The number of nitrogens with one attached hydrogen (secondary N) is 1. The van der Waals surface area contributed by atoms with E-state index in [0.717, 1.165) is 0 Å². The molecule has 0 saturated carbocycles. The van der Waals surface area contributed by atoms with Crippen molar-refractivity contribution >= 4 is 41.0 Å². The molecule has 1 aromatic rings. The third kappa shape index (κ3) is 4.99. The summed E-state index contributed by atoms with van der Waals surface area (Å²) >= 11 is 11.9. The second-order valence-electron chi connectivity index (χ2n) is 6.01. The van der Waals surface area contributed by atoms with Crippen molar-refractivity contribution in [3.05, 3.63) is 46.0 Å². The molecular formula is C18H19Cl2NO5. The van der Waals surface area contributed by atoms with Gasteiger partial charge in [0.2, 0.25) is 5.91 Å². The summed E-state index contributed by atoms with van der Waals surface area (Å²) in [6, 6.07) is 4.08. The molecular weight excluding hydrogens is 381 g/mol. The minimum absolute atomic E-state index is 0.111. The molecule has 8 heteroatoms. The summed E-state index contributed by atoms with van der Waals surface area (Å²) in [5.41, 5.74) is 0.580. The molecule has 26 heavy (non-hydrogen) atoms. The normalized spacial score (nSPS) is 20.3. The number of allylic oxidation sites excluding steroid dienone is 2. The van der Waals surface area contributed by atoms with Gasteiger partial charge in [-0.1, -0.05) is 41.4 Å². The summed E-state index contributed by atoms with van der Waals surface area (Å²) in [6.07, 6.45) is 4.06. The molecule has 6 nitrogen and oxygen atoms in total. The summed E-state index contributed by atoms with van der Waals surface area (Å²) in [6.45, 7) is 0. The van der Waals surface area contributed by atoms with Gasteiger partial charge in [0.05, 0.1) is 41.5 Å². The molecule has 1 aliphatic carbocycles. The van der Waals surface area contributed by atoms with Crippen LogP contribution in [0.1, 0.15) is 30.9 Å². The average Bonchev–Trinajstić information content (AvgIpc) is 2.63. The molecule has 0 saturated heterocycles. The number of carbonyl (C=O) groups is 3. The monoisotopic (exact) mass is 399 g/mol. The Bertz CT molecular complexity index is 734. The Balaban J connectivity index is 2.23. The molecule has 2 rings (SSSR count). The second kappa shape index (κ2) is 9.05. The van der Waals surface area contributed by atoms with Crippen LogP contribution >= 0.6 is 23.2 Å². The highest BCUT2D eigenvalue weighted by Gasteiger charge is 2.35. The van der Waals surface area contributed by atoms with Crippen molar-refractivity contribution in [2.45, 2.75) is 25.3 Å². The first-order chi connectivity index (χ1) is 12.3. The third-order valence-electron chi connectivity index (χ3n) is 4.35. The Morgan fingerprint density at radius 2 is 1.85 bits per heavy atom. The SMILES string of the molecule is COC(=O)C[C@@H](NC(=O)[C@@H]1CC=CC[C@@H]1C(=O)O)c1ccc(Cl)c(Cl)c1. The number of hydrogen-bond donors (Lipinski definition) is 2. The number of halogens is 2. The van der Waals surface area contributed by atoms with Gasteiger partial charge < -0.3 is 15.2 Å². The first-order valence-corrected chi connectivity index (χ1v) is 8.79. The van der Waals surface area contributed by atoms with E-state index in [-0.39, 0.29) is 11.4 Å². The van der Waals surface area contributed by atoms with E-state index in [9.17, 15) is 19.5 Å². The van der Waals surface area contributed by atoms with Gasteiger partial charge in [-0.25, -0.2) is 0 Å². The van der Waals surface area contributed by atoms with Crippen LogP contribution < -0.4 is 5.32 Å². The molecule has 0 unspecified atom stereocenters. The van der Waals surface area contributed by atoms with Crippen LogP contribution in [0.3, 0.4) is 0 Å². The number of methoxy groups -OCH3 is 1. The number of esters is 1. The number of rotatable bonds is 6. The maximum Gasteiger partial charge on any atom is 0.307 e. The van der Waals surface area contributed by atoms with Crippen molar-refractivity contribution in [1.82, 2.24) is 5.32 Å². The van der Waals surface area contributed by atoms with Gasteiger partial charge >= 0.3 is 11.9 Å². The summed E-state index contributed by atoms with van der Waals surface area (Å²) in [5.74, 6) is -3.47. The van der Waals surface area contributed by atoms with E-state index < -0.39 is 35.7 Å². The predicted octanol–water partition coefficient (Wildman–Crippen LogP) is 3.38. The molecule has 0 fully saturated rings. The van der Waals surface area contributed by atoms with Gasteiger partial charge in [-0.3, -0.25) is 14.4 Å². The molecule has 0 heterocycles. The van der Waals surface area contributed by atoms with E-state index in [2.05, 4.69) is 10.1 Å². The molecule has 1 aromatic carbocycles. The quantitative estimate of drug-likeness (QED) is 0.564. The van der Waals surface area contributed by atoms with E-state index >= 15 is 0 Å². The number of carboxylic acid groups (broad SMARTS) is 1. The van der Waals surface area contributed by atoms with Crippen molar-refractivity contribution in [3.63, 3.8) is 0 Å². The number of benzene rings is 1. The average molecular weight is 400 g/mol. The van der Waals surface area contributed by atoms with Crippen molar-refractivity contribution in [3.8, 4) is 0 Å². The van der Waals surface area contributed by atoms with Gasteiger partial charge in [0.15, 0.2) is 0 Å². The van der Waals surface area contributed by atoms with Crippen molar-refractivity contribution in [2.75, 3.05) is 7.11 Å². The number of carbonyl (C=O) groups excluding carboxylic acids is 2. The lowest BCUT2D eigenvalue weighted by atomic mass is 9.82. The van der Waals surface area contributed by atoms with Gasteiger partial charge in [0.1, 0.15) is 0 Å². The Morgan fingerprint density at radius 3 is 2.42 bits per heavy atom. The van der Waals surface area contributed by atoms with Crippen molar-refractivity contribution in [1.29, 1.82) is 0 Å². The van der Waals surface area contributed by atoms with E-state index in [1.807, 2.05) is 0 Å². The molecule has 1 aliphatic rings. The fourth-order valence-corrected chi connectivity index (χ4v) is 3.19. The van der Waals surface area contributed by atoms with Crippen LogP contribution in [-0.2, 0) is 19.1 Å². The smallest absolute Gasteiger partial charge is 0.307 e. The zero-order valence-electron chi connectivity index (χ0n) is 14.1. The number of aliphatic carboxylic acids is 1. The minimum Gasteiger partial charge on any atom is -0.481 e. The summed E-state index contributed by atoms with van der Waals surface area (Å²) in [7, 11) is 1.25. The number of ether oxygens (including phenoxy) is 1. The van der Waals surface area contributed by atoms with Crippen LogP contribution in [0.25, 0.3) is 0 Å². The number of amides is 1. The zero-order valence-corrected chi connectivity index (χ0v) is 15.6. The van der Waals surface area contributed by atoms with Crippen LogP contribution in [-0.4, -0.2) is 30.1 Å². The maximum absolute atomic E-state index is 12.7. The van der Waals surface area contributed by atoms with Crippen molar-refractivity contribution < 1.29 is 24.2 Å². The lowest BCUT2D eigenvalue weighted by Gasteiger charge is -2.27. The van der Waals surface area contributed by atoms with Crippen molar-refractivity contribution in [2.24, 2.45) is 11.8 Å². The standard InChI is InChI=1S/C18H19Cl2NO5/c1-26-16(22)9-15(10-6-7-13(19)14(20)8-10)21-17(23)11-4-2-3-5-12(11)18(24)25/h2-3,6-8,11-12,15H,4-5,9H2,1H3,(H,21,23)(H,24,25)/t11-,12+,15-/m1/s1. The van der Waals surface area contributed by atoms with E-state index in [1.165, 1.54) is 7.11 Å². The largest absolute Gasteiger partial charge is 0.481 e. The Hall–Kier alpha value is -2.05. The predicted molar refractivity (Wildman–Crippen MR) is 97.0 cm³/mol. The molecule has 140 valence electrons. The Kier molecular flexibility index (Phi) is 7.06. The maximum atomic E-state index is 12.7. The fourth-order valence-electron chi connectivity index (χ4n) is 2.89. The highest BCUT2D eigenvalue weighted by atomic mass is 35.5. The Labute approximate surface area is 161 Å².